The molecule has 1 rings (SSSR count). The molecule has 0 bridgehead atoms. The van der Waals surface area contributed by atoms with Crippen LogP contribution in [0.1, 0.15) is 31.4 Å². The van der Waals surface area contributed by atoms with Gasteiger partial charge in [-0.1, -0.05) is 13.3 Å². The van der Waals surface area contributed by atoms with Crippen LogP contribution < -0.4 is 10.6 Å². The number of carboxylic acid groups (broad SMARTS) is 1. The maximum atomic E-state index is 11.5. The zero-order valence-corrected chi connectivity index (χ0v) is 10.4. The minimum atomic E-state index is -1.04. The van der Waals surface area contributed by atoms with E-state index in [1.165, 1.54) is 0 Å². The Morgan fingerprint density at radius 2 is 2.28 bits per heavy atom. The van der Waals surface area contributed by atoms with Gasteiger partial charge in [0.1, 0.15) is 11.8 Å². The van der Waals surface area contributed by atoms with Gasteiger partial charge in [-0.15, -0.1) is 0 Å². The van der Waals surface area contributed by atoms with Crippen LogP contribution in [0.15, 0.2) is 10.6 Å². The van der Waals surface area contributed by atoms with E-state index in [1.54, 1.807) is 13.1 Å². The molecule has 0 aromatic carbocycles. The van der Waals surface area contributed by atoms with Crippen LogP contribution in [-0.2, 0) is 11.3 Å². The fraction of sp³-hybridized carbons (Fsp3) is 0.545. The van der Waals surface area contributed by atoms with Crippen molar-refractivity contribution in [2.24, 2.45) is 0 Å². The van der Waals surface area contributed by atoms with E-state index in [0.29, 0.717) is 24.5 Å². The number of aromatic nitrogens is 1. The van der Waals surface area contributed by atoms with Gasteiger partial charge < -0.3 is 20.2 Å². The van der Waals surface area contributed by atoms with E-state index in [1.807, 2.05) is 6.92 Å². The van der Waals surface area contributed by atoms with E-state index in [9.17, 15) is 9.59 Å². The van der Waals surface area contributed by atoms with Crippen molar-refractivity contribution >= 4 is 12.0 Å². The second-order valence-corrected chi connectivity index (χ2v) is 3.87. The van der Waals surface area contributed by atoms with Crippen LogP contribution in [0.3, 0.4) is 0 Å². The number of nitrogens with one attached hydrogen (secondary N) is 2. The molecule has 0 spiro atoms. The number of aryl methyl sites for hydroxylation is 1. The lowest BCUT2D eigenvalue weighted by molar-refractivity contribution is -0.139. The summed E-state index contributed by atoms with van der Waals surface area (Å²) in [5.41, 5.74) is 0. The van der Waals surface area contributed by atoms with Crippen LogP contribution in [0.25, 0.3) is 0 Å². The summed E-state index contributed by atoms with van der Waals surface area (Å²) in [5, 5.41) is 13.7. The SMILES string of the molecule is CCC[C@@H](NC(=O)NCc1ncc(C)o1)C(=O)O. The fourth-order valence-electron chi connectivity index (χ4n) is 1.39. The van der Waals surface area contributed by atoms with Gasteiger partial charge in [0.25, 0.3) is 0 Å². The number of amides is 2. The smallest absolute Gasteiger partial charge is 0.326 e. The molecule has 0 saturated heterocycles. The summed E-state index contributed by atoms with van der Waals surface area (Å²) in [4.78, 5) is 26.2. The van der Waals surface area contributed by atoms with E-state index in [0.717, 1.165) is 0 Å². The first kappa shape index (κ1) is 14.0. The van der Waals surface area contributed by atoms with Crippen LogP contribution in [0.5, 0.6) is 0 Å². The number of nitrogens with zero attached hydrogens (tertiary/aromatic N) is 1. The Morgan fingerprint density at radius 1 is 1.56 bits per heavy atom. The maximum Gasteiger partial charge on any atom is 0.326 e. The van der Waals surface area contributed by atoms with Crippen LogP contribution in [-0.4, -0.2) is 28.1 Å². The van der Waals surface area contributed by atoms with E-state index >= 15 is 0 Å². The van der Waals surface area contributed by atoms with Crippen molar-refractivity contribution in [3.63, 3.8) is 0 Å². The lowest BCUT2D eigenvalue weighted by Gasteiger charge is -2.13. The van der Waals surface area contributed by atoms with Gasteiger partial charge in [-0.3, -0.25) is 0 Å². The first-order valence-corrected chi connectivity index (χ1v) is 5.71. The standard InChI is InChI=1S/C11H17N3O4/c1-3-4-8(10(15)16)14-11(17)13-6-9-12-5-7(2)18-9/h5,8H,3-4,6H2,1-2H3,(H,15,16)(H2,13,14,17)/t8-/m1/s1. The quantitative estimate of drug-likeness (QED) is 0.704. The third-order valence-electron chi connectivity index (χ3n) is 2.25. The molecule has 1 heterocycles. The minimum Gasteiger partial charge on any atom is -0.480 e. The molecule has 18 heavy (non-hydrogen) atoms. The van der Waals surface area contributed by atoms with Crippen LogP contribution >= 0.6 is 0 Å². The van der Waals surface area contributed by atoms with Gasteiger partial charge in [0.15, 0.2) is 0 Å². The van der Waals surface area contributed by atoms with Gasteiger partial charge in [0.05, 0.1) is 12.7 Å². The molecule has 3 N–H and O–H groups in total. The summed E-state index contributed by atoms with van der Waals surface area (Å²) in [6, 6.07) is -1.42. The Balaban J connectivity index is 2.38. The maximum absolute atomic E-state index is 11.5. The highest BCUT2D eigenvalue weighted by Gasteiger charge is 2.18. The monoisotopic (exact) mass is 255 g/mol. The van der Waals surface area contributed by atoms with Gasteiger partial charge in [-0.2, -0.15) is 0 Å². The second kappa shape index (κ2) is 6.63. The topological polar surface area (TPSA) is 104 Å². The number of carbonyl (C=O) groups is 2. The number of rotatable bonds is 6. The molecule has 7 nitrogen and oxygen atoms in total. The lowest BCUT2D eigenvalue weighted by Crippen LogP contribution is -2.45. The third kappa shape index (κ3) is 4.44. The molecule has 0 unspecified atom stereocenters. The number of urea groups is 1. The Labute approximate surface area is 105 Å². The number of aliphatic carboxylic acids is 1. The molecular formula is C11H17N3O4. The first-order chi connectivity index (χ1) is 8.52. The number of hydrogen-bond donors (Lipinski definition) is 3. The van der Waals surface area contributed by atoms with E-state index in [2.05, 4.69) is 15.6 Å². The third-order valence-corrected chi connectivity index (χ3v) is 2.25. The zero-order chi connectivity index (χ0) is 13.5. The van der Waals surface area contributed by atoms with Crippen molar-refractivity contribution in [2.45, 2.75) is 39.3 Å². The summed E-state index contributed by atoms with van der Waals surface area (Å²) < 4.78 is 5.16. The molecule has 0 fully saturated rings. The average molecular weight is 255 g/mol. The first-order valence-electron chi connectivity index (χ1n) is 5.71. The molecule has 1 aromatic rings. The van der Waals surface area contributed by atoms with E-state index in [4.69, 9.17) is 9.52 Å². The van der Waals surface area contributed by atoms with Gasteiger partial charge in [0, 0.05) is 0 Å². The molecule has 1 atom stereocenters. The number of carbonyl (C=O) groups excluding carboxylic acids is 1. The number of carboxylic acids is 1. The molecule has 0 radical (unpaired) electrons. The molecule has 100 valence electrons. The molecule has 0 aliphatic rings. The van der Waals surface area contributed by atoms with Gasteiger partial charge in [-0.25, -0.2) is 14.6 Å². The predicted octanol–water partition coefficient (Wildman–Crippen LogP) is 1.04. The Morgan fingerprint density at radius 3 is 2.78 bits per heavy atom. The van der Waals surface area contributed by atoms with Crippen molar-refractivity contribution in [1.82, 2.24) is 15.6 Å². The second-order valence-electron chi connectivity index (χ2n) is 3.87. The average Bonchev–Trinajstić information content (AvgIpc) is 2.72. The fourth-order valence-corrected chi connectivity index (χ4v) is 1.39. The highest BCUT2D eigenvalue weighted by Crippen LogP contribution is 2.01. The Bertz CT molecular complexity index is 416. The molecule has 0 aliphatic carbocycles. The van der Waals surface area contributed by atoms with Gasteiger partial charge in [0.2, 0.25) is 5.89 Å². The molecule has 0 saturated carbocycles. The highest BCUT2D eigenvalue weighted by molar-refractivity contribution is 5.82. The molecule has 7 heteroatoms. The van der Waals surface area contributed by atoms with Crippen LogP contribution in [0.2, 0.25) is 0 Å². The summed E-state index contributed by atoms with van der Waals surface area (Å²) in [6.45, 7) is 3.72. The van der Waals surface area contributed by atoms with Gasteiger partial charge in [-0.05, 0) is 13.3 Å². The summed E-state index contributed by atoms with van der Waals surface area (Å²) >= 11 is 0. The summed E-state index contributed by atoms with van der Waals surface area (Å²) in [5.74, 6) is -0.00871. The lowest BCUT2D eigenvalue weighted by atomic mass is 10.2. The van der Waals surface area contributed by atoms with Crippen molar-refractivity contribution < 1.29 is 19.1 Å². The largest absolute Gasteiger partial charge is 0.480 e. The van der Waals surface area contributed by atoms with Crippen molar-refractivity contribution in [1.29, 1.82) is 0 Å². The van der Waals surface area contributed by atoms with Gasteiger partial charge >= 0.3 is 12.0 Å². The van der Waals surface area contributed by atoms with Crippen LogP contribution in [0.4, 0.5) is 4.79 Å². The number of hydrogen-bond acceptors (Lipinski definition) is 4. The molecular weight excluding hydrogens is 238 g/mol. The summed E-state index contributed by atoms with van der Waals surface area (Å²) in [6.07, 6.45) is 2.61. The summed E-state index contributed by atoms with van der Waals surface area (Å²) in [7, 11) is 0. The van der Waals surface area contributed by atoms with E-state index in [-0.39, 0.29) is 6.54 Å². The van der Waals surface area contributed by atoms with Crippen molar-refractivity contribution in [2.75, 3.05) is 0 Å². The zero-order valence-electron chi connectivity index (χ0n) is 10.4. The predicted molar refractivity (Wildman–Crippen MR) is 62.9 cm³/mol. The molecule has 0 aliphatic heterocycles. The normalized spacial score (nSPS) is 11.9. The van der Waals surface area contributed by atoms with Crippen molar-refractivity contribution in [3.05, 3.63) is 17.8 Å². The molecule has 1 aromatic heterocycles. The Kier molecular flexibility index (Phi) is 5.16. The van der Waals surface area contributed by atoms with Crippen molar-refractivity contribution in [3.8, 4) is 0 Å². The number of oxazole rings is 1. The van der Waals surface area contributed by atoms with Crippen LogP contribution in [0, 0.1) is 6.92 Å². The highest BCUT2D eigenvalue weighted by atomic mass is 16.4. The van der Waals surface area contributed by atoms with E-state index < -0.39 is 18.0 Å². The minimum absolute atomic E-state index is 0.123. The molecule has 2 amide bonds. The Hall–Kier alpha value is -2.05.